The molecule has 0 atom stereocenters. The number of piperidine rings is 1. The van der Waals surface area contributed by atoms with Crippen LogP contribution in [-0.2, 0) is 16.6 Å². The molecule has 0 amide bonds. The first-order valence-corrected chi connectivity index (χ1v) is 12.8. The number of halogens is 1. The zero-order chi connectivity index (χ0) is 23.8. The minimum absolute atomic E-state index is 0.152. The lowest BCUT2D eigenvalue weighted by Gasteiger charge is -2.33. The van der Waals surface area contributed by atoms with Crippen LogP contribution in [0.1, 0.15) is 18.4 Å². The predicted molar refractivity (Wildman–Crippen MR) is 131 cm³/mol. The molecule has 1 N–H and O–H groups in total. The average molecular weight is 493 g/mol. The minimum atomic E-state index is -3.18. The monoisotopic (exact) mass is 492 g/mol. The molecule has 4 rings (SSSR count). The fourth-order valence-corrected chi connectivity index (χ4v) is 5.69. The molecule has 33 heavy (non-hydrogen) atoms. The zero-order valence-corrected chi connectivity index (χ0v) is 20.6. The van der Waals surface area contributed by atoms with Crippen molar-refractivity contribution in [3.63, 3.8) is 0 Å². The maximum absolute atomic E-state index is 12.2. The third-order valence-corrected chi connectivity index (χ3v) is 8.55. The molecule has 0 unspecified atom stereocenters. The number of aliphatic hydroxyl groups excluding tert-OH is 1. The van der Waals surface area contributed by atoms with E-state index in [0.717, 1.165) is 42.8 Å². The molecule has 0 radical (unpaired) electrons. The summed E-state index contributed by atoms with van der Waals surface area (Å²) in [5, 5.41) is 10.3. The maximum atomic E-state index is 12.2. The van der Waals surface area contributed by atoms with Crippen LogP contribution >= 0.6 is 11.6 Å². The first-order chi connectivity index (χ1) is 15.7. The average Bonchev–Trinajstić information content (AvgIpc) is 3.22. The van der Waals surface area contributed by atoms with Crippen LogP contribution in [-0.4, -0.2) is 67.3 Å². The molecule has 3 aromatic rings. The topological polar surface area (TPSA) is 87.4 Å². The molecule has 1 aromatic carbocycles. The molecule has 0 spiro atoms. The number of methoxy groups -OCH3 is 1. The molecule has 8 nitrogen and oxygen atoms in total. The Kier molecular flexibility index (Phi) is 6.86. The summed E-state index contributed by atoms with van der Waals surface area (Å²) in [4.78, 5) is 7.04. The molecule has 0 saturated carbocycles. The van der Waals surface area contributed by atoms with Crippen molar-refractivity contribution in [2.75, 3.05) is 44.9 Å². The fourth-order valence-electron chi connectivity index (χ4n) is 4.22. The van der Waals surface area contributed by atoms with Crippen molar-refractivity contribution >= 4 is 33.0 Å². The molecule has 3 heterocycles. The summed E-state index contributed by atoms with van der Waals surface area (Å²) in [6.07, 6.45) is 5.55. The molecule has 2 aromatic heterocycles. The first-order valence-electron chi connectivity index (χ1n) is 10.8. The van der Waals surface area contributed by atoms with Gasteiger partial charge in [0.25, 0.3) is 0 Å². The van der Waals surface area contributed by atoms with Gasteiger partial charge in [0.05, 0.1) is 30.2 Å². The number of pyridine rings is 1. The lowest BCUT2D eigenvalue weighted by atomic mass is 9.98. The van der Waals surface area contributed by atoms with Crippen LogP contribution in [0.3, 0.4) is 0 Å². The van der Waals surface area contributed by atoms with Gasteiger partial charge in [0, 0.05) is 56.9 Å². The van der Waals surface area contributed by atoms with E-state index in [4.69, 9.17) is 21.3 Å². The van der Waals surface area contributed by atoms with Gasteiger partial charge in [-0.15, -0.1) is 0 Å². The van der Waals surface area contributed by atoms with E-state index in [1.165, 1.54) is 4.31 Å². The Morgan fingerprint density at radius 1 is 1.24 bits per heavy atom. The highest BCUT2D eigenvalue weighted by Gasteiger charge is 2.26. The molecule has 0 bridgehead atoms. The molecule has 1 aliphatic heterocycles. The highest BCUT2D eigenvalue weighted by atomic mass is 35.5. The van der Waals surface area contributed by atoms with Crippen LogP contribution in [0.4, 0.5) is 5.69 Å². The lowest BCUT2D eigenvalue weighted by Crippen LogP contribution is -2.38. The molecule has 1 aliphatic rings. The number of imidazole rings is 1. The fraction of sp³-hybridized carbons (Fsp3) is 0.435. The summed E-state index contributed by atoms with van der Waals surface area (Å²) in [6, 6.07) is 7.57. The number of benzene rings is 1. The van der Waals surface area contributed by atoms with E-state index >= 15 is 0 Å². The molecular weight excluding hydrogens is 464 g/mol. The van der Waals surface area contributed by atoms with Gasteiger partial charge < -0.3 is 19.1 Å². The highest BCUT2D eigenvalue weighted by molar-refractivity contribution is 7.89. The van der Waals surface area contributed by atoms with Crippen LogP contribution in [0, 0.1) is 5.92 Å². The standard InChI is InChI=1S/C23H29ClN4O4S/c1-26(2)33(30,31)15-16-4-7-27(8-5-16)18-6-9-28-13-21(25-23(28)11-18)19-12-20(24)22(32-3)10-17(19)14-29/h6,9-13,16,29H,4-5,7-8,14-15H2,1-3H3. The summed E-state index contributed by atoms with van der Waals surface area (Å²) in [5.74, 6) is 0.887. The van der Waals surface area contributed by atoms with Gasteiger partial charge in [-0.05, 0) is 42.5 Å². The second-order valence-electron chi connectivity index (χ2n) is 8.57. The molecule has 1 fully saturated rings. The summed E-state index contributed by atoms with van der Waals surface area (Å²) in [6.45, 7) is 1.46. The maximum Gasteiger partial charge on any atom is 0.213 e. The van der Waals surface area contributed by atoms with Gasteiger partial charge in [-0.2, -0.15) is 0 Å². The summed E-state index contributed by atoms with van der Waals surface area (Å²) < 4.78 is 32.9. The minimum Gasteiger partial charge on any atom is -0.495 e. The van der Waals surface area contributed by atoms with Gasteiger partial charge in [-0.1, -0.05) is 11.6 Å². The number of hydrogen-bond donors (Lipinski definition) is 1. The Hall–Kier alpha value is -2.33. The lowest BCUT2D eigenvalue weighted by molar-refractivity contribution is 0.281. The van der Waals surface area contributed by atoms with Gasteiger partial charge in [0.15, 0.2) is 0 Å². The number of ether oxygens (including phenoxy) is 1. The SMILES string of the molecule is COc1cc(CO)c(-c2cn3ccc(N4CCC(CS(=O)(=O)N(C)C)CC4)cc3n2)cc1Cl. The number of aliphatic hydroxyl groups is 1. The normalized spacial score (nSPS) is 15.5. The number of anilines is 1. The zero-order valence-electron chi connectivity index (χ0n) is 19.0. The Morgan fingerprint density at radius 2 is 1.97 bits per heavy atom. The highest BCUT2D eigenvalue weighted by Crippen LogP contribution is 2.34. The van der Waals surface area contributed by atoms with Crippen LogP contribution in [0.5, 0.6) is 5.75 Å². The van der Waals surface area contributed by atoms with Gasteiger partial charge in [-0.25, -0.2) is 17.7 Å². The third-order valence-electron chi connectivity index (χ3n) is 6.25. The van der Waals surface area contributed by atoms with Crippen molar-refractivity contribution in [3.05, 3.63) is 47.2 Å². The van der Waals surface area contributed by atoms with E-state index in [1.807, 2.05) is 28.9 Å². The van der Waals surface area contributed by atoms with Crippen LogP contribution in [0.25, 0.3) is 16.9 Å². The number of fused-ring (bicyclic) bond motifs is 1. The first kappa shape index (κ1) is 23.8. The molecule has 0 aliphatic carbocycles. The summed E-state index contributed by atoms with van der Waals surface area (Å²) >= 11 is 6.31. The molecule has 178 valence electrons. The van der Waals surface area contributed by atoms with Crippen LogP contribution in [0.15, 0.2) is 36.7 Å². The Balaban J connectivity index is 1.54. The van der Waals surface area contributed by atoms with E-state index in [-0.39, 0.29) is 18.3 Å². The second kappa shape index (κ2) is 9.50. The van der Waals surface area contributed by atoms with Crippen molar-refractivity contribution in [2.45, 2.75) is 19.4 Å². The number of rotatable bonds is 7. The summed E-state index contributed by atoms with van der Waals surface area (Å²) in [5.41, 5.74) is 4.01. The Bertz CT molecular complexity index is 1250. The van der Waals surface area contributed by atoms with E-state index in [1.54, 1.807) is 33.3 Å². The quantitative estimate of drug-likeness (QED) is 0.544. The van der Waals surface area contributed by atoms with E-state index < -0.39 is 10.0 Å². The molecular formula is C23H29ClN4O4S. The van der Waals surface area contributed by atoms with Gasteiger partial charge in [0.1, 0.15) is 11.4 Å². The largest absolute Gasteiger partial charge is 0.495 e. The van der Waals surface area contributed by atoms with Crippen molar-refractivity contribution < 1.29 is 18.3 Å². The summed E-state index contributed by atoms with van der Waals surface area (Å²) in [7, 11) is 1.53. The van der Waals surface area contributed by atoms with E-state index in [0.29, 0.717) is 22.0 Å². The molecule has 10 heteroatoms. The predicted octanol–water partition coefficient (Wildman–Crippen LogP) is 3.26. The van der Waals surface area contributed by atoms with Crippen molar-refractivity contribution in [3.8, 4) is 17.0 Å². The van der Waals surface area contributed by atoms with Gasteiger partial charge in [0.2, 0.25) is 10.0 Å². The van der Waals surface area contributed by atoms with Crippen molar-refractivity contribution in [2.24, 2.45) is 5.92 Å². The van der Waals surface area contributed by atoms with Crippen LogP contribution in [0.2, 0.25) is 5.02 Å². The van der Waals surface area contributed by atoms with Crippen molar-refractivity contribution in [1.82, 2.24) is 13.7 Å². The van der Waals surface area contributed by atoms with E-state index in [9.17, 15) is 13.5 Å². The number of aromatic nitrogens is 2. The second-order valence-corrected chi connectivity index (χ2v) is 11.2. The van der Waals surface area contributed by atoms with Gasteiger partial charge >= 0.3 is 0 Å². The number of sulfonamides is 1. The molecule has 1 saturated heterocycles. The third kappa shape index (κ3) is 4.96. The number of hydrogen-bond acceptors (Lipinski definition) is 6. The van der Waals surface area contributed by atoms with Crippen molar-refractivity contribution in [1.29, 1.82) is 0 Å². The van der Waals surface area contributed by atoms with E-state index in [2.05, 4.69) is 4.90 Å². The Morgan fingerprint density at radius 3 is 2.61 bits per heavy atom. The van der Waals surface area contributed by atoms with Crippen LogP contribution < -0.4 is 9.64 Å². The van der Waals surface area contributed by atoms with Gasteiger partial charge in [-0.3, -0.25) is 0 Å². The number of nitrogens with zero attached hydrogens (tertiary/aromatic N) is 4. The Labute approximate surface area is 199 Å². The smallest absolute Gasteiger partial charge is 0.213 e.